The highest BCUT2D eigenvalue weighted by Crippen LogP contribution is 2.25. The van der Waals surface area contributed by atoms with Crippen LogP contribution in [0.25, 0.3) is 0 Å². The van der Waals surface area contributed by atoms with Crippen LogP contribution in [0.1, 0.15) is 13.3 Å². The average Bonchev–Trinajstić information content (AvgIpc) is 2.37. The molecule has 108 valence electrons. The Labute approximate surface area is 113 Å². The van der Waals surface area contributed by atoms with Crippen LogP contribution in [0.4, 0.5) is 5.69 Å². The Morgan fingerprint density at radius 2 is 2.16 bits per heavy atom. The summed E-state index contributed by atoms with van der Waals surface area (Å²) >= 11 is 0. The Morgan fingerprint density at radius 3 is 2.74 bits per heavy atom. The van der Waals surface area contributed by atoms with E-state index >= 15 is 0 Å². The number of ether oxygens (including phenoxy) is 1. The van der Waals surface area contributed by atoms with Crippen molar-refractivity contribution in [3.8, 4) is 5.75 Å². The minimum atomic E-state index is -3.68. The summed E-state index contributed by atoms with van der Waals surface area (Å²) in [4.78, 5) is 0.0196. The molecule has 1 rings (SSSR count). The number of aliphatic hydroxyl groups excluding tert-OH is 1. The van der Waals surface area contributed by atoms with Crippen LogP contribution in [0.5, 0.6) is 5.75 Å². The third-order valence-electron chi connectivity index (χ3n) is 2.72. The van der Waals surface area contributed by atoms with Crippen molar-refractivity contribution in [1.29, 1.82) is 0 Å². The number of nitrogens with one attached hydrogen (secondary N) is 1. The molecule has 19 heavy (non-hydrogen) atoms. The maximum Gasteiger partial charge on any atom is 0.244 e. The molecule has 0 radical (unpaired) electrons. The zero-order chi connectivity index (χ0) is 14.5. The van der Waals surface area contributed by atoms with Crippen molar-refractivity contribution in [2.24, 2.45) is 5.92 Å². The lowest BCUT2D eigenvalue weighted by Gasteiger charge is -2.14. The first-order valence-electron chi connectivity index (χ1n) is 5.94. The number of anilines is 1. The number of benzene rings is 1. The Kier molecular flexibility index (Phi) is 5.59. The SMILES string of the molecule is COc1ccc(N)cc1S(=O)(=O)NCC(C)CCO. The van der Waals surface area contributed by atoms with Crippen LogP contribution in [0.15, 0.2) is 23.1 Å². The van der Waals surface area contributed by atoms with Gasteiger partial charge in [-0.1, -0.05) is 6.92 Å². The second-order valence-electron chi connectivity index (χ2n) is 4.38. The van der Waals surface area contributed by atoms with E-state index in [0.717, 1.165) is 0 Å². The fraction of sp³-hybridized carbons (Fsp3) is 0.500. The number of sulfonamides is 1. The molecule has 1 unspecified atom stereocenters. The van der Waals surface area contributed by atoms with Gasteiger partial charge in [0.15, 0.2) is 0 Å². The highest BCUT2D eigenvalue weighted by molar-refractivity contribution is 7.89. The Hall–Kier alpha value is -1.31. The molecule has 0 aliphatic carbocycles. The summed E-state index contributed by atoms with van der Waals surface area (Å²) in [5, 5.41) is 8.79. The van der Waals surface area contributed by atoms with Crippen molar-refractivity contribution in [1.82, 2.24) is 4.72 Å². The van der Waals surface area contributed by atoms with Crippen molar-refractivity contribution >= 4 is 15.7 Å². The van der Waals surface area contributed by atoms with Crippen molar-refractivity contribution in [2.75, 3.05) is 26.0 Å². The molecule has 1 aromatic rings. The lowest BCUT2D eigenvalue weighted by molar-refractivity contribution is 0.263. The minimum Gasteiger partial charge on any atom is -0.495 e. The molecule has 6 nitrogen and oxygen atoms in total. The highest BCUT2D eigenvalue weighted by Gasteiger charge is 2.20. The van der Waals surface area contributed by atoms with Crippen LogP contribution >= 0.6 is 0 Å². The van der Waals surface area contributed by atoms with Gasteiger partial charge in [-0.3, -0.25) is 0 Å². The van der Waals surface area contributed by atoms with Gasteiger partial charge in [0.25, 0.3) is 0 Å². The van der Waals surface area contributed by atoms with Gasteiger partial charge in [-0.25, -0.2) is 13.1 Å². The lowest BCUT2D eigenvalue weighted by Crippen LogP contribution is -2.29. The molecule has 1 aromatic carbocycles. The Bertz CT molecular complexity index is 516. The summed E-state index contributed by atoms with van der Waals surface area (Å²) in [6.07, 6.45) is 0.538. The fourth-order valence-electron chi connectivity index (χ4n) is 1.56. The number of hydrogen-bond donors (Lipinski definition) is 3. The first kappa shape index (κ1) is 15.7. The van der Waals surface area contributed by atoms with Crippen LogP contribution in [0, 0.1) is 5.92 Å². The summed E-state index contributed by atoms with van der Waals surface area (Å²) in [5.41, 5.74) is 5.95. The third-order valence-corrected chi connectivity index (χ3v) is 4.17. The van der Waals surface area contributed by atoms with E-state index in [9.17, 15) is 8.42 Å². The van der Waals surface area contributed by atoms with Crippen molar-refractivity contribution < 1.29 is 18.3 Å². The predicted molar refractivity (Wildman–Crippen MR) is 73.5 cm³/mol. The number of hydrogen-bond acceptors (Lipinski definition) is 5. The van der Waals surface area contributed by atoms with E-state index in [4.69, 9.17) is 15.6 Å². The van der Waals surface area contributed by atoms with Gasteiger partial charge in [0.2, 0.25) is 10.0 Å². The average molecular weight is 288 g/mol. The van der Waals surface area contributed by atoms with E-state index in [1.165, 1.54) is 19.2 Å². The van der Waals surface area contributed by atoms with Crippen molar-refractivity contribution in [2.45, 2.75) is 18.2 Å². The van der Waals surface area contributed by atoms with Crippen LogP contribution in [-0.4, -0.2) is 33.8 Å². The van der Waals surface area contributed by atoms with E-state index in [1.54, 1.807) is 6.07 Å². The molecule has 0 aromatic heterocycles. The second-order valence-corrected chi connectivity index (χ2v) is 6.12. The summed E-state index contributed by atoms with van der Waals surface area (Å²) in [5.74, 6) is 0.295. The van der Waals surface area contributed by atoms with Crippen molar-refractivity contribution in [3.05, 3.63) is 18.2 Å². The molecular weight excluding hydrogens is 268 g/mol. The second kappa shape index (κ2) is 6.74. The van der Waals surface area contributed by atoms with Gasteiger partial charge in [0.05, 0.1) is 7.11 Å². The molecule has 1 atom stereocenters. The summed E-state index contributed by atoms with van der Waals surface area (Å²) in [6, 6.07) is 4.45. The number of aliphatic hydroxyl groups is 1. The molecule has 0 amide bonds. The van der Waals surface area contributed by atoms with E-state index in [1.807, 2.05) is 6.92 Å². The van der Waals surface area contributed by atoms with Crippen LogP contribution in [0.3, 0.4) is 0 Å². The summed E-state index contributed by atoms with van der Waals surface area (Å²) in [7, 11) is -2.27. The summed E-state index contributed by atoms with van der Waals surface area (Å²) in [6.45, 7) is 2.14. The van der Waals surface area contributed by atoms with Gasteiger partial charge in [-0.05, 0) is 30.5 Å². The first-order valence-corrected chi connectivity index (χ1v) is 7.43. The molecule has 0 heterocycles. The Morgan fingerprint density at radius 1 is 1.47 bits per heavy atom. The van der Waals surface area contributed by atoms with E-state index in [0.29, 0.717) is 12.1 Å². The normalized spacial score (nSPS) is 13.2. The standard InChI is InChI=1S/C12H20N2O4S/c1-9(5-6-15)8-14-19(16,17)12-7-10(13)3-4-11(12)18-2/h3-4,7,9,14-15H,5-6,8,13H2,1-2H3. The molecular formula is C12H20N2O4S. The van der Waals surface area contributed by atoms with Crippen LogP contribution in [-0.2, 0) is 10.0 Å². The van der Waals surface area contributed by atoms with E-state index < -0.39 is 10.0 Å². The third kappa shape index (κ3) is 4.38. The molecule has 7 heteroatoms. The zero-order valence-corrected chi connectivity index (χ0v) is 11.9. The minimum absolute atomic E-state index is 0.0196. The molecule has 0 aliphatic heterocycles. The van der Waals surface area contributed by atoms with Gasteiger partial charge < -0.3 is 15.6 Å². The van der Waals surface area contributed by atoms with Crippen molar-refractivity contribution in [3.63, 3.8) is 0 Å². The highest BCUT2D eigenvalue weighted by atomic mass is 32.2. The van der Waals surface area contributed by atoms with Gasteiger partial charge in [0.1, 0.15) is 10.6 Å². The molecule has 0 saturated carbocycles. The van der Waals surface area contributed by atoms with Gasteiger partial charge in [0, 0.05) is 18.8 Å². The lowest BCUT2D eigenvalue weighted by atomic mass is 10.1. The van der Waals surface area contributed by atoms with Gasteiger partial charge in [-0.2, -0.15) is 0 Å². The first-order chi connectivity index (χ1) is 8.90. The maximum atomic E-state index is 12.2. The maximum absolute atomic E-state index is 12.2. The molecule has 0 saturated heterocycles. The quantitative estimate of drug-likeness (QED) is 0.637. The molecule has 0 bridgehead atoms. The van der Waals surface area contributed by atoms with Gasteiger partial charge in [-0.15, -0.1) is 0 Å². The monoisotopic (exact) mass is 288 g/mol. The number of rotatable bonds is 7. The fourth-order valence-corrected chi connectivity index (χ4v) is 2.92. The predicted octanol–water partition coefficient (Wildman–Crippen LogP) is 0.574. The topological polar surface area (TPSA) is 102 Å². The van der Waals surface area contributed by atoms with E-state index in [2.05, 4.69) is 4.72 Å². The van der Waals surface area contributed by atoms with Crippen LogP contribution in [0.2, 0.25) is 0 Å². The van der Waals surface area contributed by atoms with E-state index in [-0.39, 0.29) is 29.7 Å². The molecule has 0 spiro atoms. The number of nitrogens with two attached hydrogens (primary N) is 1. The zero-order valence-electron chi connectivity index (χ0n) is 11.1. The molecule has 0 aliphatic rings. The largest absolute Gasteiger partial charge is 0.495 e. The number of methoxy groups -OCH3 is 1. The smallest absolute Gasteiger partial charge is 0.244 e. The van der Waals surface area contributed by atoms with Crippen LogP contribution < -0.4 is 15.2 Å². The molecule has 0 fully saturated rings. The summed E-state index contributed by atoms with van der Waals surface area (Å²) < 4.78 is 31.8. The number of nitrogen functional groups attached to an aromatic ring is 1. The van der Waals surface area contributed by atoms with Gasteiger partial charge >= 0.3 is 0 Å². The Balaban J connectivity index is 2.91. The molecule has 4 N–H and O–H groups in total.